The van der Waals surface area contributed by atoms with Gasteiger partial charge in [-0.1, -0.05) is 17.7 Å². The first-order chi connectivity index (χ1) is 13.6. The van der Waals surface area contributed by atoms with E-state index in [9.17, 15) is 0 Å². The Morgan fingerprint density at radius 3 is 2.68 bits per heavy atom. The Kier molecular flexibility index (Phi) is 5.18. The Bertz CT molecular complexity index is 1010. The van der Waals surface area contributed by atoms with Crippen molar-refractivity contribution in [1.29, 1.82) is 0 Å². The van der Waals surface area contributed by atoms with E-state index >= 15 is 0 Å². The average molecular weight is 398 g/mol. The third-order valence-electron chi connectivity index (χ3n) is 5.19. The van der Waals surface area contributed by atoms with E-state index < -0.39 is 0 Å². The van der Waals surface area contributed by atoms with Crippen molar-refractivity contribution >= 4 is 17.4 Å². The van der Waals surface area contributed by atoms with Gasteiger partial charge in [-0.2, -0.15) is 5.10 Å². The van der Waals surface area contributed by atoms with Gasteiger partial charge in [0, 0.05) is 22.7 Å². The molecule has 0 atom stereocenters. The van der Waals surface area contributed by atoms with E-state index in [4.69, 9.17) is 26.2 Å². The molecule has 0 aliphatic carbocycles. The first-order valence-corrected chi connectivity index (χ1v) is 9.85. The van der Waals surface area contributed by atoms with Crippen molar-refractivity contribution in [3.63, 3.8) is 0 Å². The highest BCUT2D eigenvalue weighted by Crippen LogP contribution is 2.39. The minimum absolute atomic E-state index is 0.732. The number of ether oxygens (including phenoxy) is 2. The molecule has 4 rings (SSSR count). The van der Waals surface area contributed by atoms with Gasteiger partial charge in [0.1, 0.15) is 23.0 Å². The maximum atomic E-state index is 6.39. The monoisotopic (exact) mass is 397 g/mol. The number of nitrogens with one attached hydrogen (secondary N) is 1. The number of hydrogen-bond acceptors (Lipinski definition) is 4. The maximum absolute atomic E-state index is 6.39. The predicted molar refractivity (Wildman–Crippen MR) is 113 cm³/mol. The van der Waals surface area contributed by atoms with Crippen molar-refractivity contribution in [2.24, 2.45) is 0 Å². The Hall–Kier alpha value is -2.66. The topological polar surface area (TPSA) is 48.3 Å². The van der Waals surface area contributed by atoms with Crippen LogP contribution in [0.3, 0.4) is 0 Å². The van der Waals surface area contributed by atoms with Gasteiger partial charge < -0.3 is 14.8 Å². The lowest BCUT2D eigenvalue weighted by molar-refractivity contribution is 0.404. The van der Waals surface area contributed by atoms with Crippen molar-refractivity contribution in [3.8, 4) is 28.4 Å². The zero-order chi connectivity index (χ0) is 19.7. The Morgan fingerprint density at radius 1 is 1.07 bits per heavy atom. The fourth-order valence-electron chi connectivity index (χ4n) is 3.62. The number of aryl methyl sites for hydroxylation is 1. The van der Waals surface area contributed by atoms with Crippen LogP contribution < -0.4 is 14.8 Å². The van der Waals surface area contributed by atoms with E-state index in [1.807, 2.05) is 48.0 Å². The molecular weight excluding hydrogens is 374 g/mol. The van der Waals surface area contributed by atoms with Crippen LogP contribution in [0.25, 0.3) is 16.9 Å². The number of aromatic nitrogens is 2. The van der Waals surface area contributed by atoms with Gasteiger partial charge in [-0.15, -0.1) is 0 Å². The van der Waals surface area contributed by atoms with Gasteiger partial charge in [0.15, 0.2) is 0 Å². The zero-order valence-corrected chi connectivity index (χ0v) is 17.1. The van der Waals surface area contributed by atoms with E-state index in [1.54, 1.807) is 14.2 Å². The lowest BCUT2D eigenvalue weighted by atomic mass is 10.0. The van der Waals surface area contributed by atoms with Crippen LogP contribution in [-0.2, 0) is 6.42 Å². The van der Waals surface area contributed by atoms with Crippen LogP contribution in [0, 0.1) is 6.92 Å². The number of fused-ring (bicyclic) bond motifs is 1. The number of halogens is 1. The molecule has 6 heteroatoms. The molecule has 28 heavy (non-hydrogen) atoms. The molecule has 1 aromatic heterocycles. The number of anilines is 1. The highest BCUT2D eigenvalue weighted by Gasteiger charge is 2.24. The van der Waals surface area contributed by atoms with Crippen molar-refractivity contribution in [2.75, 3.05) is 26.1 Å². The summed E-state index contributed by atoms with van der Waals surface area (Å²) in [5.74, 6) is 2.58. The van der Waals surface area contributed by atoms with Gasteiger partial charge >= 0.3 is 0 Å². The van der Waals surface area contributed by atoms with Crippen LogP contribution in [0.2, 0.25) is 5.02 Å². The fraction of sp³-hybridized carbons (Fsp3) is 0.318. The molecule has 0 fully saturated rings. The minimum Gasteiger partial charge on any atom is -0.497 e. The van der Waals surface area contributed by atoms with E-state index in [1.165, 1.54) is 5.56 Å². The smallest absolute Gasteiger partial charge is 0.133 e. The summed E-state index contributed by atoms with van der Waals surface area (Å²) >= 11 is 6.39. The number of rotatable bonds is 4. The molecule has 2 heterocycles. The second kappa shape index (κ2) is 7.76. The van der Waals surface area contributed by atoms with Gasteiger partial charge in [0.25, 0.3) is 0 Å². The predicted octanol–water partition coefficient (Wildman–Crippen LogP) is 5.27. The normalized spacial score (nSPS) is 13.4. The maximum Gasteiger partial charge on any atom is 0.133 e. The van der Waals surface area contributed by atoms with Gasteiger partial charge in [-0.3, -0.25) is 0 Å². The quantitative estimate of drug-likeness (QED) is 0.651. The number of benzene rings is 2. The summed E-state index contributed by atoms with van der Waals surface area (Å²) in [6.07, 6.45) is 3.19. The summed E-state index contributed by atoms with van der Waals surface area (Å²) in [5, 5.41) is 9.29. The molecule has 0 saturated carbocycles. The van der Waals surface area contributed by atoms with E-state index in [0.29, 0.717) is 0 Å². The van der Waals surface area contributed by atoms with Crippen LogP contribution in [0.4, 0.5) is 5.82 Å². The third-order valence-corrected chi connectivity index (χ3v) is 5.60. The molecule has 0 unspecified atom stereocenters. The van der Waals surface area contributed by atoms with Crippen LogP contribution in [0.5, 0.6) is 11.5 Å². The number of hydrogen-bond donors (Lipinski definition) is 1. The Balaban J connectivity index is 1.94. The van der Waals surface area contributed by atoms with Crippen molar-refractivity contribution < 1.29 is 9.47 Å². The van der Waals surface area contributed by atoms with Crippen LogP contribution in [0.15, 0.2) is 36.4 Å². The highest BCUT2D eigenvalue weighted by atomic mass is 35.5. The Morgan fingerprint density at radius 2 is 1.93 bits per heavy atom. The van der Waals surface area contributed by atoms with Gasteiger partial charge in [0.2, 0.25) is 0 Å². The summed E-state index contributed by atoms with van der Waals surface area (Å²) in [6.45, 7) is 2.92. The van der Waals surface area contributed by atoms with Crippen LogP contribution >= 0.6 is 11.6 Å². The molecule has 1 aliphatic heterocycles. The molecule has 5 nitrogen and oxygen atoms in total. The largest absolute Gasteiger partial charge is 0.497 e. The molecule has 1 aliphatic rings. The van der Waals surface area contributed by atoms with Crippen molar-refractivity contribution in [2.45, 2.75) is 26.2 Å². The van der Waals surface area contributed by atoms with E-state index in [0.717, 1.165) is 70.7 Å². The molecular formula is C22H24ClN3O2. The lowest BCUT2D eigenvalue weighted by Crippen LogP contribution is -2.07. The lowest BCUT2D eigenvalue weighted by Gasteiger charge is -2.10. The highest BCUT2D eigenvalue weighted by molar-refractivity contribution is 6.31. The van der Waals surface area contributed by atoms with Gasteiger partial charge in [0.05, 0.1) is 19.9 Å². The number of nitrogens with zero attached hydrogens (tertiary/aromatic N) is 2. The third kappa shape index (κ3) is 3.31. The zero-order valence-electron chi connectivity index (χ0n) is 16.4. The molecule has 3 aromatic rings. The molecule has 0 saturated heterocycles. The van der Waals surface area contributed by atoms with Crippen molar-refractivity contribution in [1.82, 2.24) is 9.78 Å². The summed E-state index contributed by atoms with van der Waals surface area (Å²) in [6, 6.07) is 11.8. The molecule has 2 aromatic carbocycles. The van der Waals surface area contributed by atoms with E-state index in [2.05, 4.69) is 5.32 Å². The second-order valence-electron chi connectivity index (χ2n) is 6.97. The van der Waals surface area contributed by atoms with Crippen LogP contribution in [0.1, 0.15) is 24.0 Å². The molecule has 146 valence electrons. The number of methoxy groups -OCH3 is 2. The van der Waals surface area contributed by atoms with Crippen LogP contribution in [-0.4, -0.2) is 30.5 Å². The molecule has 1 N–H and O–H groups in total. The SMILES string of the molecule is COc1ccc(OC)c(-c2nn(-c3ccc(C)c(Cl)c3)c3c2CCCCN3)c1. The fourth-order valence-corrected chi connectivity index (χ4v) is 3.79. The summed E-state index contributed by atoms with van der Waals surface area (Å²) < 4.78 is 13.0. The first-order valence-electron chi connectivity index (χ1n) is 9.47. The Labute approximate surface area is 170 Å². The second-order valence-corrected chi connectivity index (χ2v) is 7.38. The summed E-state index contributed by atoms with van der Waals surface area (Å²) in [4.78, 5) is 0. The average Bonchev–Trinajstić information content (AvgIpc) is 2.90. The van der Waals surface area contributed by atoms with Gasteiger partial charge in [-0.05, 0) is 62.1 Å². The molecule has 0 radical (unpaired) electrons. The molecule has 0 amide bonds. The van der Waals surface area contributed by atoms with Crippen molar-refractivity contribution in [3.05, 3.63) is 52.5 Å². The van der Waals surface area contributed by atoms with Gasteiger partial charge in [-0.25, -0.2) is 4.68 Å². The summed E-state index contributed by atoms with van der Waals surface area (Å²) in [5.41, 5.74) is 5.03. The summed E-state index contributed by atoms with van der Waals surface area (Å²) in [7, 11) is 3.35. The minimum atomic E-state index is 0.732. The molecule has 0 spiro atoms. The molecule has 0 bridgehead atoms. The van der Waals surface area contributed by atoms with E-state index in [-0.39, 0.29) is 0 Å². The standard InChI is InChI=1S/C22H24ClN3O2/c1-14-7-8-15(12-19(14)23)26-22-17(6-4-5-11-24-22)21(25-26)18-13-16(27-2)9-10-20(18)28-3/h7-10,12-13,24H,4-6,11H2,1-3H3. The first kappa shape index (κ1) is 18.7.